The lowest BCUT2D eigenvalue weighted by Crippen LogP contribution is -2.31. The number of carbonyl (C=O) groups is 3. The lowest BCUT2D eigenvalue weighted by atomic mass is 10.2. The topological polar surface area (TPSA) is 122 Å². The van der Waals surface area contributed by atoms with Crippen molar-refractivity contribution < 1.29 is 23.5 Å². The Morgan fingerprint density at radius 2 is 1.54 bits per heavy atom. The molecule has 1 unspecified atom stereocenters. The van der Waals surface area contributed by atoms with Crippen LogP contribution in [0.3, 0.4) is 0 Å². The first-order valence-corrected chi connectivity index (χ1v) is 11.5. The lowest BCUT2D eigenvalue weighted by Gasteiger charge is -2.11. The highest BCUT2D eigenvalue weighted by atomic mass is 16.5. The average Bonchev–Trinajstić information content (AvgIpc) is 3.60. The van der Waals surface area contributed by atoms with Gasteiger partial charge in [-0.25, -0.2) is 0 Å². The highest BCUT2D eigenvalue weighted by Gasteiger charge is 2.16. The molecule has 0 aliphatic carbocycles. The number of nitrogens with one attached hydrogen (secondary N) is 4. The molecule has 9 nitrogen and oxygen atoms in total. The van der Waals surface area contributed by atoms with Crippen molar-refractivity contribution in [1.82, 2.24) is 10.6 Å². The van der Waals surface area contributed by atoms with Crippen LogP contribution in [0.2, 0.25) is 0 Å². The Morgan fingerprint density at radius 1 is 0.857 bits per heavy atom. The van der Waals surface area contributed by atoms with E-state index in [1.54, 1.807) is 66.9 Å². The minimum Gasteiger partial charge on any atom is -0.467 e. The van der Waals surface area contributed by atoms with Crippen molar-refractivity contribution in [3.05, 3.63) is 83.8 Å². The van der Waals surface area contributed by atoms with Crippen LogP contribution < -0.4 is 21.3 Å². The SMILES string of the molecule is O=C(CNc1ccc(C(=O)NCc2ccco2)cc1)Nc1ccc(C(=O)NCC2CCCO2)cc1. The monoisotopic (exact) mass is 476 g/mol. The summed E-state index contributed by atoms with van der Waals surface area (Å²) in [5, 5.41) is 11.5. The summed E-state index contributed by atoms with van der Waals surface area (Å²) in [7, 11) is 0. The smallest absolute Gasteiger partial charge is 0.251 e. The number of carbonyl (C=O) groups excluding carboxylic acids is 3. The van der Waals surface area contributed by atoms with E-state index in [2.05, 4.69) is 21.3 Å². The van der Waals surface area contributed by atoms with E-state index in [4.69, 9.17) is 9.15 Å². The van der Waals surface area contributed by atoms with Crippen LogP contribution in [0.5, 0.6) is 0 Å². The van der Waals surface area contributed by atoms with Crippen LogP contribution >= 0.6 is 0 Å². The molecule has 1 atom stereocenters. The summed E-state index contributed by atoms with van der Waals surface area (Å²) in [5.41, 5.74) is 2.33. The molecular formula is C26H28N4O5. The Hall–Kier alpha value is -4.11. The molecule has 1 aromatic heterocycles. The molecule has 2 aromatic carbocycles. The molecule has 3 amide bonds. The first kappa shape index (κ1) is 24.0. The van der Waals surface area contributed by atoms with Gasteiger partial charge >= 0.3 is 0 Å². The summed E-state index contributed by atoms with van der Waals surface area (Å²) in [4.78, 5) is 36.8. The quantitative estimate of drug-likeness (QED) is 0.357. The summed E-state index contributed by atoms with van der Waals surface area (Å²) in [6, 6.07) is 17.1. The van der Waals surface area contributed by atoms with Crippen LogP contribution in [0.4, 0.5) is 11.4 Å². The molecule has 1 aliphatic heterocycles. The van der Waals surface area contributed by atoms with E-state index in [-0.39, 0.29) is 30.4 Å². The molecule has 9 heteroatoms. The highest BCUT2D eigenvalue weighted by Crippen LogP contribution is 2.13. The van der Waals surface area contributed by atoms with Crippen LogP contribution in [0.15, 0.2) is 71.3 Å². The van der Waals surface area contributed by atoms with Gasteiger partial charge in [-0.1, -0.05) is 0 Å². The molecule has 4 N–H and O–H groups in total. The third-order valence-electron chi connectivity index (χ3n) is 5.55. The zero-order valence-corrected chi connectivity index (χ0v) is 19.2. The normalized spacial score (nSPS) is 14.8. The molecule has 2 heterocycles. The Balaban J connectivity index is 1.18. The van der Waals surface area contributed by atoms with Gasteiger partial charge in [0.25, 0.3) is 11.8 Å². The van der Waals surface area contributed by atoms with E-state index in [0.717, 1.165) is 19.4 Å². The minimum atomic E-state index is -0.235. The number of hydrogen-bond donors (Lipinski definition) is 4. The zero-order chi connectivity index (χ0) is 24.5. The largest absolute Gasteiger partial charge is 0.467 e. The molecule has 0 spiro atoms. The molecule has 0 saturated carbocycles. The van der Waals surface area contributed by atoms with E-state index in [9.17, 15) is 14.4 Å². The van der Waals surface area contributed by atoms with E-state index in [0.29, 0.717) is 41.4 Å². The van der Waals surface area contributed by atoms with Gasteiger partial charge in [-0.15, -0.1) is 0 Å². The molecule has 1 saturated heterocycles. The number of anilines is 2. The molecule has 1 fully saturated rings. The van der Waals surface area contributed by atoms with Gasteiger partial charge in [0.1, 0.15) is 5.76 Å². The number of amides is 3. The summed E-state index contributed by atoms with van der Waals surface area (Å²) in [6.07, 6.45) is 3.64. The molecule has 35 heavy (non-hydrogen) atoms. The van der Waals surface area contributed by atoms with Gasteiger partial charge in [-0.2, -0.15) is 0 Å². The van der Waals surface area contributed by atoms with Gasteiger partial charge in [-0.05, 0) is 73.5 Å². The minimum absolute atomic E-state index is 0.0493. The molecule has 4 rings (SSSR count). The molecule has 182 valence electrons. The highest BCUT2D eigenvalue weighted by molar-refractivity contribution is 5.97. The summed E-state index contributed by atoms with van der Waals surface area (Å²) in [5.74, 6) is 0.0589. The molecule has 3 aromatic rings. The van der Waals surface area contributed by atoms with E-state index in [1.807, 2.05) is 0 Å². The maximum atomic E-state index is 12.3. The van der Waals surface area contributed by atoms with Crippen LogP contribution in [-0.2, 0) is 16.1 Å². The van der Waals surface area contributed by atoms with Crippen LogP contribution in [0, 0.1) is 0 Å². The fourth-order valence-corrected chi connectivity index (χ4v) is 3.63. The number of rotatable bonds is 10. The number of hydrogen-bond acceptors (Lipinski definition) is 6. The average molecular weight is 477 g/mol. The third kappa shape index (κ3) is 7.18. The van der Waals surface area contributed by atoms with Gasteiger partial charge in [0.05, 0.1) is 25.5 Å². The Labute approximate surface area is 203 Å². The fourth-order valence-electron chi connectivity index (χ4n) is 3.63. The maximum Gasteiger partial charge on any atom is 0.251 e. The third-order valence-corrected chi connectivity index (χ3v) is 5.55. The van der Waals surface area contributed by atoms with Crippen molar-refractivity contribution in [2.24, 2.45) is 0 Å². The molecule has 0 radical (unpaired) electrons. The zero-order valence-electron chi connectivity index (χ0n) is 19.2. The lowest BCUT2D eigenvalue weighted by molar-refractivity contribution is -0.114. The van der Waals surface area contributed by atoms with Crippen molar-refractivity contribution in [3.63, 3.8) is 0 Å². The second kappa shape index (κ2) is 11.8. The Morgan fingerprint density at radius 3 is 2.17 bits per heavy atom. The fraction of sp³-hybridized carbons (Fsp3) is 0.269. The van der Waals surface area contributed by atoms with Crippen molar-refractivity contribution in [1.29, 1.82) is 0 Å². The summed E-state index contributed by atoms with van der Waals surface area (Å²) in [6.45, 7) is 1.61. The predicted octanol–water partition coefficient (Wildman–Crippen LogP) is 3.17. The number of benzene rings is 2. The first-order chi connectivity index (χ1) is 17.1. The first-order valence-electron chi connectivity index (χ1n) is 11.5. The molecule has 0 bridgehead atoms. The van der Waals surface area contributed by atoms with E-state index < -0.39 is 0 Å². The Bertz CT molecular complexity index is 1120. The number of furan rings is 1. The van der Waals surface area contributed by atoms with Gasteiger partial charge < -0.3 is 30.4 Å². The summed E-state index contributed by atoms with van der Waals surface area (Å²) < 4.78 is 10.7. The second-order valence-electron chi connectivity index (χ2n) is 8.16. The van der Waals surface area contributed by atoms with Gasteiger partial charge in [0, 0.05) is 35.7 Å². The maximum absolute atomic E-state index is 12.3. The van der Waals surface area contributed by atoms with Gasteiger partial charge in [0.15, 0.2) is 0 Å². The van der Waals surface area contributed by atoms with Crippen molar-refractivity contribution in [2.45, 2.75) is 25.5 Å². The van der Waals surface area contributed by atoms with Crippen LogP contribution in [0.25, 0.3) is 0 Å². The summed E-state index contributed by atoms with van der Waals surface area (Å²) >= 11 is 0. The number of ether oxygens (including phenoxy) is 1. The second-order valence-corrected chi connectivity index (χ2v) is 8.16. The van der Waals surface area contributed by atoms with Crippen molar-refractivity contribution in [3.8, 4) is 0 Å². The van der Waals surface area contributed by atoms with Gasteiger partial charge in [0.2, 0.25) is 5.91 Å². The molecular weight excluding hydrogens is 448 g/mol. The van der Waals surface area contributed by atoms with Crippen molar-refractivity contribution in [2.75, 3.05) is 30.3 Å². The van der Waals surface area contributed by atoms with E-state index in [1.165, 1.54) is 0 Å². The standard InChI is InChI=1S/C26H28N4O5/c31-24(30-21-11-7-19(8-12-21)26(33)29-16-23-4-2-14-35-23)17-27-20-9-5-18(6-10-20)25(32)28-15-22-3-1-13-34-22/h1,3,5-13,23,27H,2,4,14-17H2,(H,28,32)(H,29,33)(H,30,31). The van der Waals surface area contributed by atoms with Gasteiger partial charge in [-0.3, -0.25) is 14.4 Å². The van der Waals surface area contributed by atoms with Crippen LogP contribution in [-0.4, -0.2) is 43.5 Å². The molecule has 1 aliphatic rings. The van der Waals surface area contributed by atoms with Crippen LogP contribution in [0.1, 0.15) is 39.3 Å². The Kier molecular flexibility index (Phi) is 8.13. The van der Waals surface area contributed by atoms with Crippen molar-refractivity contribution >= 4 is 29.1 Å². The van der Waals surface area contributed by atoms with E-state index >= 15 is 0 Å². The predicted molar refractivity (Wildman–Crippen MR) is 131 cm³/mol.